The van der Waals surface area contributed by atoms with Crippen molar-refractivity contribution in [2.45, 2.75) is 44.6 Å². The molecule has 0 spiro atoms. The van der Waals surface area contributed by atoms with Gasteiger partial charge in [0.05, 0.1) is 17.9 Å². The van der Waals surface area contributed by atoms with E-state index in [1.54, 1.807) is 4.90 Å². The summed E-state index contributed by atoms with van der Waals surface area (Å²) >= 11 is 0. The largest absolute Gasteiger partial charge is 0.481 e. The average Bonchev–Trinajstić information content (AvgIpc) is 3.55. The fourth-order valence-corrected chi connectivity index (χ4v) is 5.80. The number of hydrogen-bond acceptors (Lipinski definition) is 4. The maximum absolute atomic E-state index is 13.1. The lowest BCUT2D eigenvalue weighted by atomic mass is 9.91. The van der Waals surface area contributed by atoms with E-state index in [-0.39, 0.29) is 43.2 Å². The quantitative estimate of drug-likeness (QED) is 0.622. The number of ether oxygens (including phenoxy) is 1. The Hall–Kier alpha value is -3.35. The van der Waals surface area contributed by atoms with Gasteiger partial charge in [-0.1, -0.05) is 55.5 Å². The maximum atomic E-state index is 13.1. The first-order valence-electron chi connectivity index (χ1n) is 12.4. The van der Waals surface area contributed by atoms with Crippen LogP contribution in [0.3, 0.4) is 0 Å². The number of aliphatic carboxylic acids is 1. The van der Waals surface area contributed by atoms with E-state index in [1.807, 2.05) is 38.1 Å². The molecule has 1 saturated carbocycles. The number of rotatable bonds is 7. The number of carbonyl (C=O) groups excluding carboxylic acids is 2. The molecule has 0 bridgehead atoms. The van der Waals surface area contributed by atoms with Gasteiger partial charge in [-0.2, -0.15) is 0 Å². The van der Waals surface area contributed by atoms with E-state index >= 15 is 0 Å². The number of alkyl carbamates (subject to hydrolysis) is 1. The zero-order valence-electron chi connectivity index (χ0n) is 20.2. The first-order valence-corrected chi connectivity index (χ1v) is 12.4. The Kier molecular flexibility index (Phi) is 6.03. The Morgan fingerprint density at radius 1 is 1.03 bits per heavy atom. The lowest BCUT2D eigenvalue weighted by Crippen LogP contribution is -2.51. The molecule has 2 fully saturated rings. The van der Waals surface area contributed by atoms with Crippen LogP contribution in [-0.4, -0.2) is 53.2 Å². The van der Waals surface area contributed by atoms with Crippen molar-refractivity contribution < 1.29 is 24.2 Å². The maximum Gasteiger partial charge on any atom is 0.407 e. The Morgan fingerprint density at radius 2 is 1.63 bits per heavy atom. The molecule has 1 heterocycles. The van der Waals surface area contributed by atoms with E-state index in [4.69, 9.17) is 4.74 Å². The van der Waals surface area contributed by atoms with Gasteiger partial charge >= 0.3 is 12.1 Å². The molecular weight excluding hydrogens is 444 g/mol. The fraction of sp³-hybridized carbons (Fsp3) is 0.464. The standard InChI is InChI=1S/C28H32N2O5/c1-17-14-30(15-23(17)26(32)33)25(31)13-28(2,18-11-12-18)29-27(34)35-16-24-21-9-5-3-7-19(21)20-8-4-6-10-22(20)24/h3-10,17-18,23-24H,11-16H2,1-2H3,(H,29,34)(H,32,33). The second-order valence-corrected chi connectivity index (χ2v) is 10.5. The van der Waals surface area contributed by atoms with Crippen LogP contribution in [-0.2, 0) is 14.3 Å². The number of nitrogens with one attached hydrogen (secondary N) is 1. The molecule has 7 heteroatoms. The van der Waals surface area contributed by atoms with Crippen LogP contribution in [0.4, 0.5) is 4.79 Å². The predicted molar refractivity (Wildman–Crippen MR) is 131 cm³/mol. The molecule has 2 aliphatic carbocycles. The van der Waals surface area contributed by atoms with Crippen LogP contribution in [0.1, 0.15) is 50.2 Å². The highest BCUT2D eigenvalue weighted by Gasteiger charge is 2.46. The van der Waals surface area contributed by atoms with E-state index in [0.29, 0.717) is 6.54 Å². The summed E-state index contributed by atoms with van der Waals surface area (Å²) in [6.45, 7) is 4.64. The Bertz CT molecular complexity index is 1110. The van der Waals surface area contributed by atoms with Gasteiger partial charge < -0.3 is 20.1 Å². The summed E-state index contributed by atoms with van der Waals surface area (Å²) in [6, 6.07) is 16.4. The van der Waals surface area contributed by atoms with Crippen LogP contribution in [0, 0.1) is 17.8 Å². The van der Waals surface area contributed by atoms with Gasteiger partial charge in [0.1, 0.15) is 6.61 Å². The number of carboxylic acid groups (broad SMARTS) is 1. The molecule has 5 rings (SSSR count). The Morgan fingerprint density at radius 3 is 2.17 bits per heavy atom. The van der Waals surface area contributed by atoms with Crippen molar-refractivity contribution in [2.24, 2.45) is 17.8 Å². The molecule has 3 atom stereocenters. The molecule has 7 nitrogen and oxygen atoms in total. The van der Waals surface area contributed by atoms with Crippen LogP contribution in [0.5, 0.6) is 0 Å². The molecule has 2 aromatic rings. The highest BCUT2D eigenvalue weighted by atomic mass is 16.5. The fourth-order valence-electron chi connectivity index (χ4n) is 5.80. The van der Waals surface area contributed by atoms with Gasteiger partial charge in [-0.25, -0.2) is 4.79 Å². The summed E-state index contributed by atoms with van der Waals surface area (Å²) in [6.07, 6.45) is 1.51. The van der Waals surface area contributed by atoms with E-state index in [2.05, 4.69) is 29.6 Å². The van der Waals surface area contributed by atoms with Crippen molar-refractivity contribution >= 4 is 18.0 Å². The number of amides is 2. The Balaban J connectivity index is 1.23. The molecule has 3 unspecified atom stereocenters. The van der Waals surface area contributed by atoms with Gasteiger partial charge in [0, 0.05) is 19.0 Å². The summed E-state index contributed by atoms with van der Waals surface area (Å²) in [7, 11) is 0. The number of carbonyl (C=O) groups is 3. The zero-order valence-corrected chi connectivity index (χ0v) is 20.2. The first-order chi connectivity index (χ1) is 16.8. The van der Waals surface area contributed by atoms with Crippen LogP contribution < -0.4 is 5.32 Å². The molecular formula is C28H32N2O5. The predicted octanol–water partition coefficient (Wildman–Crippen LogP) is 4.26. The van der Waals surface area contributed by atoms with Crippen LogP contribution in [0.2, 0.25) is 0 Å². The monoisotopic (exact) mass is 476 g/mol. The van der Waals surface area contributed by atoms with Crippen molar-refractivity contribution in [1.29, 1.82) is 0 Å². The summed E-state index contributed by atoms with van der Waals surface area (Å²) < 4.78 is 5.73. The number of fused-ring (bicyclic) bond motifs is 3. The van der Waals surface area contributed by atoms with Crippen LogP contribution in [0.25, 0.3) is 11.1 Å². The summed E-state index contributed by atoms with van der Waals surface area (Å²) in [5.41, 5.74) is 3.93. The summed E-state index contributed by atoms with van der Waals surface area (Å²) in [4.78, 5) is 39.1. The molecule has 0 aromatic heterocycles. The SMILES string of the molecule is CC1CN(C(=O)CC(C)(NC(=O)OCC2c3ccccc3-c3ccccc32)C2CC2)CC1C(=O)O. The van der Waals surface area contributed by atoms with Gasteiger partial charge in [-0.15, -0.1) is 0 Å². The topological polar surface area (TPSA) is 95.9 Å². The van der Waals surface area contributed by atoms with E-state index in [0.717, 1.165) is 24.0 Å². The molecule has 1 aliphatic heterocycles. The molecule has 35 heavy (non-hydrogen) atoms. The zero-order chi connectivity index (χ0) is 24.7. The first kappa shape index (κ1) is 23.4. The van der Waals surface area contributed by atoms with Crippen molar-refractivity contribution in [3.8, 4) is 11.1 Å². The lowest BCUT2D eigenvalue weighted by molar-refractivity contribution is -0.142. The molecule has 2 aromatic carbocycles. The van der Waals surface area contributed by atoms with Gasteiger partial charge in [0.15, 0.2) is 0 Å². The van der Waals surface area contributed by atoms with Gasteiger partial charge in [-0.05, 0) is 53.9 Å². The van der Waals surface area contributed by atoms with Gasteiger partial charge in [0.2, 0.25) is 5.91 Å². The second-order valence-electron chi connectivity index (χ2n) is 10.5. The second kappa shape index (κ2) is 9.02. The van der Waals surface area contributed by atoms with Crippen LogP contribution >= 0.6 is 0 Å². The number of benzene rings is 2. The van der Waals surface area contributed by atoms with Crippen molar-refractivity contribution in [1.82, 2.24) is 10.2 Å². The molecule has 2 amide bonds. The third-order valence-electron chi connectivity index (χ3n) is 8.01. The Labute approximate surface area is 205 Å². The van der Waals surface area contributed by atoms with Gasteiger partial charge in [-0.3, -0.25) is 9.59 Å². The number of likely N-dealkylation sites (tertiary alicyclic amines) is 1. The van der Waals surface area contributed by atoms with E-state index < -0.39 is 23.5 Å². The normalized spacial score (nSPS) is 22.7. The van der Waals surface area contributed by atoms with Crippen molar-refractivity contribution in [3.63, 3.8) is 0 Å². The third-order valence-corrected chi connectivity index (χ3v) is 8.01. The smallest absolute Gasteiger partial charge is 0.407 e. The number of carboxylic acids is 1. The average molecular weight is 477 g/mol. The minimum absolute atomic E-state index is 0.0268. The third kappa shape index (κ3) is 4.51. The van der Waals surface area contributed by atoms with E-state index in [1.165, 1.54) is 11.1 Å². The van der Waals surface area contributed by atoms with Crippen LogP contribution in [0.15, 0.2) is 48.5 Å². The van der Waals surface area contributed by atoms with Gasteiger partial charge in [0.25, 0.3) is 0 Å². The highest BCUT2D eigenvalue weighted by molar-refractivity contribution is 5.81. The summed E-state index contributed by atoms with van der Waals surface area (Å²) in [5, 5.41) is 12.4. The van der Waals surface area contributed by atoms with Crippen molar-refractivity contribution in [3.05, 3.63) is 59.7 Å². The summed E-state index contributed by atoms with van der Waals surface area (Å²) in [5.74, 6) is -1.42. The minimum Gasteiger partial charge on any atom is -0.481 e. The molecule has 3 aliphatic rings. The van der Waals surface area contributed by atoms with E-state index in [9.17, 15) is 19.5 Å². The highest BCUT2D eigenvalue weighted by Crippen LogP contribution is 2.45. The lowest BCUT2D eigenvalue weighted by Gasteiger charge is -2.32. The number of hydrogen-bond donors (Lipinski definition) is 2. The number of nitrogens with zero attached hydrogens (tertiary/aromatic N) is 1. The molecule has 2 N–H and O–H groups in total. The molecule has 184 valence electrons. The molecule has 0 radical (unpaired) electrons. The molecule has 1 saturated heterocycles. The van der Waals surface area contributed by atoms with Crippen molar-refractivity contribution in [2.75, 3.05) is 19.7 Å². The minimum atomic E-state index is -0.866.